The summed E-state index contributed by atoms with van der Waals surface area (Å²) in [6, 6.07) is 30.5. The zero-order valence-corrected chi connectivity index (χ0v) is 22.0. The summed E-state index contributed by atoms with van der Waals surface area (Å²) in [5.41, 5.74) is 9.01. The van der Waals surface area contributed by atoms with Crippen molar-refractivity contribution in [2.75, 3.05) is 0 Å². The van der Waals surface area contributed by atoms with Crippen LogP contribution in [0.5, 0.6) is 11.5 Å². The van der Waals surface area contributed by atoms with Crippen molar-refractivity contribution in [3.8, 4) is 17.3 Å². The molecule has 3 aromatic carbocycles. The Balaban J connectivity index is 1.46. The molecule has 0 amide bonds. The molecular formula is C35H18N6O+2. The molecule has 9 aromatic rings. The summed E-state index contributed by atoms with van der Waals surface area (Å²) in [5, 5.41) is 4.69. The lowest BCUT2D eigenvalue weighted by Crippen LogP contribution is -2.78. The number of pyridine rings is 3. The van der Waals surface area contributed by atoms with Crippen LogP contribution in [0.1, 0.15) is 11.1 Å². The maximum atomic E-state index is 6.90. The van der Waals surface area contributed by atoms with Crippen molar-refractivity contribution >= 4 is 60.3 Å². The molecule has 192 valence electrons. The van der Waals surface area contributed by atoms with Gasteiger partial charge in [0.05, 0.1) is 23.2 Å². The van der Waals surface area contributed by atoms with E-state index in [9.17, 15) is 0 Å². The molecule has 3 aliphatic heterocycles. The highest BCUT2D eigenvalue weighted by molar-refractivity contribution is 6.15. The first-order valence-electron chi connectivity index (χ1n) is 14.2. The predicted molar refractivity (Wildman–Crippen MR) is 158 cm³/mol. The van der Waals surface area contributed by atoms with E-state index >= 15 is 0 Å². The third-order valence-electron chi connectivity index (χ3n) is 9.78. The average molecular weight is 539 g/mol. The molecule has 7 nitrogen and oxygen atoms in total. The standard InChI is InChI=1S/C35H18N6O/c1-2-8-23-20(7-1)21-10-12-25-28-32(21)40(23)27-9-3-4-16-38(27)35(28)29-26(42-25)13-11-22-30-31(37-15-14-36-30)24-18-19-6-5-17-39(35)34(19)41(24)33(22)29/h1-18H/q+2. The Labute approximate surface area is 236 Å². The third kappa shape index (κ3) is 1.84. The van der Waals surface area contributed by atoms with Gasteiger partial charge in [-0.15, -0.1) is 0 Å². The number of para-hydroxylation sites is 1. The van der Waals surface area contributed by atoms with Gasteiger partial charge >= 0.3 is 5.66 Å². The molecule has 3 aliphatic rings. The van der Waals surface area contributed by atoms with Crippen LogP contribution in [0.3, 0.4) is 0 Å². The highest BCUT2D eigenvalue weighted by atomic mass is 16.5. The third-order valence-corrected chi connectivity index (χ3v) is 9.78. The van der Waals surface area contributed by atoms with E-state index in [0.29, 0.717) is 0 Å². The zero-order valence-electron chi connectivity index (χ0n) is 22.0. The molecule has 0 saturated heterocycles. The van der Waals surface area contributed by atoms with E-state index < -0.39 is 5.66 Å². The Bertz CT molecular complexity index is 2790. The first-order chi connectivity index (χ1) is 20.9. The molecule has 9 heterocycles. The van der Waals surface area contributed by atoms with E-state index in [1.807, 2.05) is 0 Å². The van der Waals surface area contributed by atoms with Crippen LogP contribution >= 0.6 is 0 Å². The number of hydrogen-bond donors (Lipinski definition) is 0. The SMILES string of the molecule is c1cc[n+]2c(c1)-n1c3ccccc3c3ccc4c(c31)C21c2c(ccc3c5nccnc5c5cc6ccc[n+]1c6n5c23)O4. The van der Waals surface area contributed by atoms with Crippen molar-refractivity contribution in [3.05, 3.63) is 121 Å². The molecule has 0 aliphatic carbocycles. The van der Waals surface area contributed by atoms with Crippen LogP contribution in [0.2, 0.25) is 0 Å². The quantitative estimate of drug-likeness (QED) is 0.179. The minimum Gasteiger partial charge on any atom is -0.456 e. The fourth-order valence-corrected chi connectivity index (χ4v) is 8.42. The minimum absolute atomic E-state index is 0.737. The summed E-state index contributed by atoms with van der Waals surface area (Å²) in [6.07, 6.45) is 8.04. The number of nitrogens with zero attached hydrogens (tertiary/aromatic N) is 6. The van der Waals surface area contributed by atoms with Gasteiger partial charge in [-0.3, -0.25) is 4.98 Å². The molecule has 12 rings (SSSR count). The number of rotatable bonds is 0. The Kier molecular flexibility index (Phi) is 2.99. The Morgan fingerprint density at radius 2 is 1.43 bits per heavy atom. The lowest BCUT2D eigenvalue weighted by molar-refractivity contribution is -0.960. The second-order valence-electron chi connectivity index (χ2n) is 11.5. The van der Waals surface area contributed by atoms with Crippen LogP contribution in [0, 0.1) is 0 Å². The van der Waals surface area contributed by atoms with E-state index in [2.05, 4.69) is 115 Å². The van der Waals surface area contributed by atoms with Gasteiger partial charge in [0.1, 0.15) is 39.2 Å². The van der Waals surface area contributed by atoms with E-state index in [1.54, 1.807) is 12.4 Å². The average Bonchev–Trinajstić information content (AvgIpc) is 3.61. The van der Waals surface area contributed by atoms with E-state index in [-0.39, 0.29) is 0 Å². The second kappa shape index (κ2) is 6.24. The Hall–Kier alpha value is -5.82. The van der Waals surface area contributed by atoms with Crippen molar-refractivity contribution in [1.82, 2.24) is 18.9 Å². The molecule has 1 spiro atoms. The molecular weight excluding hydrogens is 520 g/mol. The van der Waals surface area contributed by atoms with Gasteiger partial charge in [0, 0.05) is 35.3 Å². The van der Waals surface area contributed by atoms with Gasteiger partial charge < -0.3 is 4.74 Å². The molecule has 7 heteroatoms. The first kappa shape index (κ1) is 20.1. The summed E-state index contributed by atoms with van der Waals surface area (Å²) < 4.78 is 16.6. The fraction of sp³-hybridized carbons (Fsp3) is 0.0286. The van der Waals surface area contributed by atoms with E-state index in [4.69, 9.17) is 14.7 Å². The molecule has 0 bridgehead atoms. The van der Waals surface area contributed by atoms with Crippen LogP contribution in [0.25, 0.3) is 66.1 Å². The smallest absolute Gasteiger partial charge is 0.321 e. The van der Waals surface area contributed by atoms with Crippen molar-refractivity contribution in [2.45, 2.75) is 5.66 Å². The first-order valence-corrected chi connectivity index (χ1v) is 14.2. The zero-order chi connectivity index (χ0) is 26.9. The summed E-state index contributed by atoms with van der Waals surface area (Å²) in [7, 11) is 0. The number of benzene rings is 3. The van der Waals surface area contributed by atoms with Crippen LogP contribution in [-0.4, -0.2) is 18.9 Å². The van der Waals surface area contributed by atoms with Crippen LogP contribution in [0.4, 0.5) is 0 Å². The second-order valence-corrected chi connectivity index (χ2v) is 11.5. The van der Waals surface area contributed by atoms with Crippen molar-refractivity contribution < 1.29 is 13.9 Å². The lowest BCUT2D eigenvalue weighted by Gasteiger charge is -2.40. The number of ether oxygens (including phenoxy) is 1. The van der Waals surface area contributed by atoms with Gasteiger partial charge in [0.2, 0.25) is 0 Å². The van der Waals surface area contributed by atoms with Crippen molar-refractivity contribution in [2.24, 2.45) is 0 Å². The number of fused-ring (bicyclic) bond motifs is 8. The van der Waals surface area contributed by atoms with Crippen LogP contribution in [0.15, 0.2) is 110 Å². The monoisotopic (exact) mass is 538 g/mol. The Morgan fingerprint density at radius 1 is 0.643 bits per heavy atom. The molecule has 0 N–H and O–H groups in total. The molecule has 0 saturated carbocycles. The van der Waals surface area contributed by atoms with Crippen molar-refractivity contribution in [1.29, 1.82) is 0 Å². The summed E-state index contributed by atoms with van der Waals surface area (Å²) in [5.74, 6) is 2.84. The summed E-state index contributed by atoms with van der Waals surface area (Å²) in [4.78, 5) is 9.71. The molecule has 0 radical (unpaired) electrons. The van der Waals surface area contributed by atoms with Crippen molar-refractivity contribution in [3.63, 3.8) is 0 Å². The molecule has 0 fully saturated rings. The molecule has 6 aromatic heterocycles. The van der Waals surface area contributed by atoms with E-state index in [0.717, 1.165) is 66.9 Å². The highest BCUT2D eigenvalue weighted by Crippen LogP contribution is 2.55. The molecule has 1 unspecified atom stereocenters. The van der Waals surface area contributed by atoms with Gasteiger partial charge in [-0.05, 0) is 54.6 Å². The van der Waals surface area contributed by atoms with Gasteiger partial charge in [-0.1, -0.05) is 18.2 Å². The van der Waals surface area contributed by atoms with Gasteiger partial charge in [0.25, 0.3) is 11.5 Å². The number of aromatic nitrogens is 6. The fourth-order valence-electron chi connectivity index (χ4n) is 8.42. The maximum absolute atomic E-state index is 6.90. The molecule has 1 atom stereocenters. The molecule has 42 heavy (non-hydrogen) atoms. The Morgan fingerprint density at radius 3 is 2.36 bits per heavy atom. The topological polar surface area (TPSA) is 52.1 Å². The van der Waals surface area contributed by atoms with Gasteiger partial charge in [0.15, 0.2) is 16.6 Å². The van der Waals surface area contributed by atoms with E-state index in [1.165, 1.54) is 21.8 Å². The van der Waals surface area contributed by atoms with Crippen LogP contribution < -0.4 is 13.9 Å². The largest absolute Gasteiger partial charge is 0.456 e. The summed E-state index contributed by atoms with van der Waals surface area (Å²) in [6.45, 7) is 0. The summed E-state index contributed by atoms with van der Waals surface area (Å²) >= 11 is 0. The minimum atomic E-state index is -0.737. The van der Waals surface area contributed by atoms with Crippen LogP contribution in [-0.2, 0) is 5.66 Å². The number of hydrogen-bond acceptors (Lipinski definition) is 3. The normalized spacial score (nSPS) is 17.3. The van der Waals surface area contributed by atoms with Gasteiger partial charge in [-0.25, -0.2) is 4.98 Å². The maximum Gasteiger partial charge on any atom is 0.321 e. The predicted octanol–water partition coefficient (Wildman–Crippen LogP) is 5.89. The highest BCUT2D eigenvalue weighted by Gasteiger charge is 2.63. The lowest BCUT2D eigenvalue weighted by atomic mass is 9.81. The van der Waals surface area contributed by atoms with Gasteiger partial charge in [-0.2, -0.15) is 18.1 Å².